The average molecular weight is 538 g/mol. The van der Waals surface area contributed by atoms with Crippen LogP contribution in [0.15, 0.2) is 77.0 Å². The number of methoxy groups -OCH3 is 1. The number of aromatic hydroxyl groups is 1. The molecule has 2 N–H and O–H groups in total. The molecular formula is C26H24ClN5O4S. The molecule has 4 rings (SSSR count). The Labute approximate surface area is 223 Å². The summed E-state index contributed by atoms with van der Waals surface area (Å²) in [4.78, 5) is 12.5. The SMILES string of the molecule is CCOc1cc(C=NNC(=O)CSc2nnc(-c3ccc(OC)cc3)n2-c2ccc(Cl)cc2)ccc1O. The highest BCUT2D eigenvalue weighted by atomic mass is 35.5. The number of nitrogens with zero attached hydrogens (tertiary/aromatic N) is 4. The van der Waals surface area contributed by atoms with Gasteiger partial charge in [-0.25, -0.2) is 5.43 Å². The van der Waals surface area contributed by atoms with E-state index in [0.717, 1.165) is 17.0 Å². The Morgan fingerprint density at radius 2 is 1.89 bits per heavy atom. The lowest BCUT2D eigenvalue weighted by Crippen LogP contribution is -2.20. The van der Waals surface area contributed by atoms with Gasteiger partial charge in [-0.1, -0.05) is 23.4 Å². The van der Waals surface area contributed by atoms with E-state index in [2.05, 4.69) is 20.7 Å². The fraction of sp³-hybridized carbons (Fsp3) is 0.154. The van der Waals surface area contributed by atoms with Crippen LogP contribution >= 0.6 is 23.4 Å². The van der Waals surface area contributed by atoms with Crippen molar-refractivity contribution < 1.29 is 19.4 Å². The molecule has 1 heterocycles. The highest BCUT2D eigenvalue weighted by Gasteiger charge is 2.17. The van der Waals surface area contributed by atoms with Crippen LogP contribution in [0.3, 0.4) is 0 Å². The lowest BCUT2D eigenvalue weighted by Gasteiger charge is -2.11. The highest BCUT2D eigenvalue weighted by Crippen LogP contribution is 2.30. The first-order valence-electron chi connectivity index (χ1n) is 11.2. The summed E-state index contributed by atoms with van der Waals surface area (Å²) in [6, 6.07) is 19.6. The van der Waals surface area contributed by atoms with Crippen LogP contribution in [0.5, 0.6) is 17.2 Å². The maximum Gasteiger partial charge on any atom is 0.250 e. The highest BCUT2D eigenvalue weighted by molar-refractivity contribution is 7.99. The Bertz CT molecular complexity index is 1390. The molecule has 9 nitrogen and oxygen atoms in total. The van der Waals surface area contributed by atoms with E-state index in [0.29, 0.717) is 33.9 Å². The van der Waals surface area contributed by atoms with Crippen molar-refractivity contribution in [1.82, 2.24) is 20.2 Å². The number of rotatable bonds is 10. The first-order chi connectivity index (χ1) is 18.0. The predicted molar refractivity (Wildman–Crippen MR) is 144 cm³/mol. The van der Waals surface area contributed by atoms with Gasteiger partial charge in [0, 0.05) is 16.3 Å². The molecule has 3 aromatic carbocycles. The maximum absolute atomic E-state index is 12.5. The summed E-state index contributed by atoms with van der Waals surface area (Å²) < 4.78 is 12.5. The molecule has 0 aliphatic carbocycles. The topological polar surface area (TPSA) is 111 Å². The predicted octanol–water partition coefficient (Wildman–Crippen LogP) is 4.94. The summed E-state index contributed by atoms with van der Waals surface area (Å²) >= 11 is 7.31. The third-order valence-electron chi connectivity index (χ3n) is 5.09. The van der Waals surface area contributed by atoms with Crippen molar-refractivity contribution >= 4 is 35.5 Å². The molecule has 0 spiro atoms. The van der Waals surface area contributed by atoms with E-state index in [1.165, 1.54) is 24.0 Å². The Morgan fingerprint density at radius 1 is 1.14 bits per heavy atom. The van der Waals surface area contributed by atoms with Crippen LogP contribution < -0.4 is 14.9 Å². The number of thioether (sulfide) groups is 1. The van der Waals surface area contributed by atoms with Gasteiger partial charge >= 0.3 is 0 Å². The summed E-state index contributed by atoms with van der Waals surface area (Å²) in [7, 11) is 1.61. The standard InChI is InChI=1S/C26H24ClN5O4S/c1-3-36-23-14-17(4-13-22(23)33)15-28-29-24(34)16-37-26-31-30-25(18-5-11-21(35-2)12-6-18)32(26)20-9-7-19(27)8-10-20/h4-15,33H,3,16H2,1-2H3,(H,29,34). The fourth-order valence-electron chi connectivity index (χ4n) is 3.34. The molecule has 0 unspecified atom stereocenters. The normalized spacial score (nSPS) is 11.0. The molecule has 190 valence electrons. The second-order valence-corrected chi connectivity index (χ2v) is 8.97. The van der Waals surface area contributed by atoms with E-state index in [9.17, 15) is 9.90 Å². The quantitative estimate of drug-likeness (QED) is 0.167. The number of hydrogen-bond donors (Lipinski definition) is 2. The lowest BCUT2D eigenvalue weighted by molar-refractivity contribution is -0.118. The number of hydrazone groups is 1. The van der Waals surface area contributed by atoms with Crippen LogP contribution in [-0.2, 0) is 4.79 Å². The Hall–Kier alpha value is -4.02. The van der Waals surface area contributed by atoms with Crippen molar-refractivity contribution in [3.05, 3.63) is 77.3 Å². The number of hydrogen-bond acceptors (Lipinski definition) is 8. The van der Waals surface area contributed by atoms with Gasteiger partial charge in [0.2, 0.25) is 0 Å². The zero-order valence-corrected chi connectivity index (χ0v) is 21.7. The Kier molecular flexibility index (Phi) is 8.65. The van der Waals surface area contributed by atoms with Crippen molar-refractivity contribution in [2.75, 3.05) is 19.5 Å². The van der Waals surface area contributed by atoms with Crippen LogP contribution in [0.2, 0.25) is 5.02 Å². The molecule has 0 atom stereocenters. The number of nitrogens with one attached hydrogen (secondary N) is 1. The van der Waals surface area contributed by atoms with Crippen LogP contribution in [0, 0.1) is 0 Å². The number of phenolic OH excluding ortho intramolecular Hbond substituents is 1. The second kappa shape index (κ2) is 12.3. The molecule has 0 aliphatic rings. The number of phenols is 1. The van der Waals surface area contributed by atoms with Gasteiger partial charge in [-0.2, -0.15) is 5.10 Å². The van der Waals surface area contributed by atoms with Gasteiger partial charge in [-0.3, -0.25) is 9.36 Å². The van der Waals surface area contributed by atoms with Crippen molar-refractivity contribution in [3.8, 4) is 34.3 Å². The molecule has 1 aromatic heterocycles. The van der Waals surface area contributed by atoms with Crippen LogP contribution in [0.4, 0.5) is 0 Å². The molecule has 0 radical (unpaired) electrons. The zero-order chi connectivity index (χ0) is 26.2. The molecule has 11 heteroatoms. The zero-order valence-electron chi connectivity index (χ0n) is 20.1. The number of benzene rings is 3. The summed E-state index contributed by atoms with van der Waals surface area (Å²) in [5.41, 5.74) is 4.81. The van der Waals surface area contributed by atoms with Crippen molar-refractivity contribution in [2.24, 2.45) is 5.10 Å². The largest absolute Gasteiger partial charge is 0.504 e. The Morgan fingerprint density at radius 3 is 2.59 bits per heavy atom. The van der Waals surface area contributed by atoms with E-state index in [-0.39, 0.29) is 17.4 Å². The summed E-state index contributed by atoms with van der Waals surface area (Å²) in [5.74, 6) is 1.48. The minimum atomic E-state index is -0.318. The Balaban J connectivity index is 1.48. The van der Waals surface area contributed by atoms with Crippen LogP contribution in [0.1, 0.15) is 12.5 Å². The van der Waals surface area contributed by atoms with Gasteiger partial charge in [0.05, 0.1) is 25.7 Å². The summed E-state index contributed by atoms with van der Waals surface area (Å²) in [5, 5.41) is 23.6. The summed E-state index contributed by atoms with van der Waals surface area (Å²) in [6.45, 7) is 2.24. The molecule has 0 saturated carbocycles. The third-order valence-corrected chi connectivity index (χ3v) is 6.27. The van der Waals surface area contributed by atoms with Gasteiger partial charge in [0.1, 0.15) is 5.75 Å². The van der Waals surface area contributed by atoms with E-state index >= 15 is 0 Å². The number of carbonyl (C=O) groups is 1. The van der Waals surface area contributed by atoms with E-state index in [1.54, 1.807) is 31.4 Å². The van der Waals surface area contributed by atoms with Gasteiger partial charge < -0.3 is 14.6 Å². The van der Waals surface area contributed by atoms with Gasteiger partial charge in [-0.05, 0) is 79.2 Å². The smallest absolute Gasteiger partial charge is 0.250 e. The first kappa shape index (κ1) is 26.1. The van der Waals surface area contributed by atoms with Crippen molar-refractivity contribution in [1.29, 1.82) is 0 Å². The van der Waals surface area contributed by atoms with Crippen LogP contribution in [0.25, 0.3) is 17.1 Å². The molecule has 0 saturated heterocycles. The number of amides is 1. The first-order valence-corrected chi connectivity index (χ1v) is 12.6. The van der Waals surface area contributed by atoms with E-state index in [1.807, 2.05) is 47.9 Å². The van der Waals surface area contributed by atoms with E-state index < -0.39 is 0 Å². The van der Waals surface area contributed by atoms with Crippen molar-refractivity contribution in [2.45, 2.75) is 12.1 Å². The van der Waals surface area contributed by atoms with E-state index in [4.69, 9.17) is 21.1 Å². The molecular weight excluding hydrogens is 514 g/mol. The molecule has 4 aromatic rings. The lowest BCUT2D eigenvalue weighted by atomic mass is 10.2. The molecule has 0 fully saturated rings. The summed E-state index contributed by atoms with van der Waals surface area (Å²) in [6.07, 6.45) is 1.47. The molecule has 0 aliphatic heterocycles. The average Bonchev–Trinajstić information content (AvgIpc) is 3.34. The van der Waals surface area contributed by atoms with Gasteiger partial charge in [-0.15, -0.1) is 10.2 Å². The molecule has 37 heavy (non-hydrogen) atoms. The number of carbonyl (C=O) groups excluding carboxylic acids is 1. The second-order valence-electron chi connectivity index (χ2n) is 7.59. The van der Waals surface area contributed by atoms with Gasteiger partial charge in [0.15, 0.2) is 22.5 Å². The van der Waals surface area contributed by atoms with Gasteiger partial charge in [0.25, 0.3) is 5.91 Å². The number of aromatic nitrogens is 3. The minimum absolute atomic E-state index is 0.0400. The number of halogens is 1. The van der Waals surface area contributed by atoms with Crippen LogP contribution in [-0.4, -0.2) is 51.5 Å². The minimum Gasteiger partial charge on any atom is -0.504 e. The fourth-order valence-corrected chi connectivity index (χ4v) is 4.21. The maximum atomic E-state index is 12.5. The molecule has 0 bridgehead atoms. The molecule has 1 amide bonds. The monoisotopic (exact) mass is 537 g/mol. The third kappa shape index (κ3) is 6.60. The van der Waals surface area contributed by atoms with Crippen molar-refractivity contribution in [3.63, 3.8) is 0 Å². The number of ether oxygens (including phenoxy) is 2.